The molecule has 17 heavy (non-hydrogen) atoms. The van der Waals surface area contributed by atoms with Crippen molar-refractivity contribution in [3.63, 3.8) is 0 Å². The smallest absolute Gasteiger partial charge is 0.310 e. The lowest BCUT2D eigenvalue weighted by Crippen LogP contribution is -2.43. The highest BCUT2D eigenvalue weighted by Gasteiger charge is 2.58. The lowest BCUT2D eigenvalue weighted by molar-refractivity contribution is -0.150. The number of fused-ring (bicyclic) bond motifs is 1. The molecule has 0 saturated carbocycles. The van der Waals surface area contributed by atoms with Crippen LogP contribution in [0, 0.1) is 5.41 Å². The molecule has 2 rings (SSSR count). The van der Waals surface area contributed by atoms with E-state index in [1.807, 2.05) is 0 Å². The molecule has 5 nitrogen and oxygen atoms in total. The van der Waals surface area contributed by atoms with Crippen LogP contribution in [0.5, 0.6) is 0 Å². The van der Waals surface area contributed by atoms with Crippen LogP contribution in [0.2, 0.25) is 0 Å². The molecule has 2 saturated heterocycles. The van der Waals surface area contributed by atoms with Gasteiger partial charge in [-0.15, -0.1) is 0 Å². The Morgan fingerprint density at radius 2 is 2.35 bits per heavy atom. The van der Waals surface area contributed by atoms with Crippen LogP contribution in [0.15, 0.2) is 0 Å². The number of likely N-dealkylation sites (tertiary alicyclic amines) is 1. The van der Waals surface area contributed by atoms with Crippen molar-refractivity contribution >= 4 is 11.9 Å². The average molecular weight is 244 g/mol. The third-order valence-electron chi connectivity index (χ3n) is 3.64. The Hall–Kier alpha value is -1.17. The molecule has 0 bridgehead atoms. The number of carboxylic acid groups (broad SMARTS) is 1. The fraction of sp³-hybridized carbons (Fsp3) is 0.818. The molecule has 6 heteroatoms. The number of nitrogens with one attached hydrogen (secondary N) is 1. The third-order valence-corrected chi connectivity index (χ3v) is 3.64. The van der Waals surface area contributed by atoms with Crippen molar-refractivity contribution in [1.29, 1.82) is 0 Å². The van der Waals surface area contributed by atoms with E-state index in [4.69, 9.17) is 5.11 Å². The minimum absolute atomic E-state index is 0.0466. The summed E-state index contributed by atoms with van der Waals surface area (Å²) in [6.07, 6.45) is 0.181. The molecule has 2 heterocycles. The van der Waals surface area contributed by atoms with E-state index in [0.717, 1.165) is 0 Å². The van der Waals surface area contributed by atoms with Crippen molar-refractivity contribution in [3.8, 4) is 0 Å². The molecular formula is C11H17FN2O3. The largest absolute Gasteiger partial charge is 0.481 e. The first kappa shape index (κ1) is 12.3. The summed E-state index contributed by atoms with van der Waals surface area (Å²) in [6, 6.07) is -0.486. The topological polar surface area (TPSA) is 69.6 Å². The standard InChI is InChI=1S/C11H17FN2O3/c1-10(2,9(16)17)6-14-5-7-11(12,8(14)15)3-4-13-7/h7,13H,3-6H2,1-2H3,(H,16,17). The van der Waals surface area contributed by atoms with Gasteiger partial charge in [0.05, 0.1) is 11.5 Å². The van der Waals surface area contributed by atoms with E-state index in [9.17, 15) is 14.0 Å². The van der Waals surface area contributed by atoms with Gasteiger partial charge in [-0.05, 0) is 20.4 Å². The van der Waals surface area contributed by atoms with Gasteiger partial charge in [-0.1, -0.05) is 0 Å². The van der Waals surface area contributed by atoms with Crippen molar-refractivity contribution in [1.82, 2.24) is 10.2 Å². The van der Waals surface area contributed by atoms with Gasteiger partial charge in [0.15, 0.2) is 0 Å². The summed E-state index contributed by atoms with van der Waals surface area (Å²) in [7, 11) is 0. The van der Waals surface area contributed by atoms with Crippen molar-refractivity contribution in [2.75, 3.05) is 19.6 Å². The minimum Gasteiger partial charge on any atom is -0.481 e. The number of amides is 1. The maximum atomic E-state index is 14.3. The van der Waals surface area contributed by atoms with E-state index in [1.165, 1.54) is 18.7 Å². The van der Waals surface area contributed by atoms with E-state index in [2.05, 4.69) is 5.32 Å². The van der Waals surface area contributed by atoms with Gasteiger partial charge in [-0.3, -0.25) is 9.59 Å². The summed E-state index contributed by atoms with van der Waals surface area (Å²) >= 11 is 0. The Labute approximate surface area is 99.0 Å². The van der Waals surface area contributed by atoms with Crippen LogP contribution in [0.4, 0.5) is 4.39 Å². The zero-order valence-electron chi connectivity index (χ0n) is 9.99. The number of carbonyl (C=O) groups is 2. The SMILES string of the molecule is CC(C)(CN1CC2NCCC2(F)C1=O)C(=O)O. The predicted molar refractivity (Wildman–Crippen MR) is 58.2 cm³/mol. The van der Waals surface area contributed by atoms with E-state index >= 15 is 0 Å². The van der Waals surface area contributed by atoms with E-state index in [-0.39, 0.29) is 19.5 Å². The maximum absolute atomic E-state index is 14.3. The molecule has 2 unspecified atom stereocenters. The van der Waals surface area contributed by atoms with Gasteiger partial charge < -0.3 is 15.3 Å². The number of hydrogen-bond donors (Lipinski definition) is 2. The first-order valence-electron chi connectivity index (χ1n) is 5.72. The number of carboxylic acids is 1. The van der Waals surface area contributed by atoms with Crippen molar-refractivity contribution in [2.45, 2.75) is 32.0 Å². The molecule has 0 spiro atoms. The second-order valence-corrected chi connectivity index (χ2v) is 5.49. The Morgan fingerprint density at radius 3 is 2.88 bits per heavy atom. The fourth-order valence-electron chi connectivity index (χ4n) is 2.48. The van der Waals surface area contributed by atoms with Gasteiger partial charge in [0, 0.05) is 19.5 Å². The first-order chi connectivity index (χ1) is 7.77. The van der Waals surface area contributed by atoms with Crippen LogP contribution in [-0.2, 0) is 9.59 Å². The molecule has 2 fully saturated rings. The van der Waals surface area contributed by atoms with Gasteiger partial charge in [0.25, 0.3) is 5.91 Å². The van der Waals surface area contributed by atoms with Crippen molar-refractivity contribution in [2.24, 2.45) is 5.41 Å². The molecule has 2 atom stereocenters. The molecule has 2 aliphatic heterocycles. The summed E-state index contributed by atoms with van der Waals surface area (Å²) in [5.74, 6) is -1.55. The highest BCUT2D eigenvalue weighted by Crippen LogP contribution is 2.36. The molecule has 0 aromatic heterocycles. The number of rotatable bonds is 3. The zero-order valence-corrected chi connectivity index (χ0v) is 9.99. The highest BCUT2D eigenvalue weighted by molar-refractivity contribution is 5.89. The monoisotopic (exact) mass is 244 g/mol. The molecule has 1 amide bonds. The van der Waals surface area contributed by atoms with Crippen LogP contribution >= 0.6 is 0 Å². The van der Waals surface area contributed by atoms with Crippen molar-refractivity contribution in [3.05, 3.63) is 0 Å². The molecule has 2 aliphatic rings. The van der Waals surface area contributed by atoms with Gasteiger partial charge >= 0.3 is 5.97 Å². The number of carbonyl (C=O) groups excluding carboxylic acids is 1. The number of hydrogen-bond acceptors (Lipinski definition) is 3. The molecule has 0 aromatic rings. The summed E-state index contributed by atoms with van der Waals surface area (Å²) in [5.41, 5.74) is -2.88. The van der Waals surface area contributed by atoms with Crippen LogP contribution < -0.4 is 5.32 Å². The van der Waals surface area contributed by atoms with E-state index in [0.29, 0.717) is 6.54 Å². The normalized spacial score (nSPS) is 33.0. The van der Waals surface area contributed by atoms with E-state index in [1.54, 1.807) is 0 Å². The summed E-state index contributed by atoms with van der Waals surface area (Å²) in [6.45, 7) is 3.88. The lowest BCUT2D eigenvalue weighted by Gasteiger charge is -2.27. The average Bonchev–Trinajstić information content (AvgIpc) is 2.67. The quantitative estimate of drug-likeness (QED) is 0.733. The number of halogens is 1. The highest BCUT2D eigenvalue weighted by atomic mass is 19.1. The molecule has 0 radical (unpaired) electrons. The fourth-order valence-corrected chi connectivity index (χ4v) is 2.48. The second-order valence-electron chi connectivity index (χ2n) is 5.49. The van der Waals surface area contributed by atoms with Crippen LogP contribution in [0.1, 0.15) is 20.3 Å². The molecular weight excluding hydrogens is 227 g/mol. The molecule has 0 aliphatic carbocycles. The lowest BCUT2D eigenvalue weighted by atomic mass is 9.93. The Morgan fingerprint density at radius 1 is 1.71 bits per heavy atom. The Kier molecular flexibility index (Phi) is 2.65. The van der Waals surface area contributed by atoms with E-state index < -0.39 is 29.0 Å². The number of nitrogens with zero attached hydrogens (tertiary/aromatic N) is 1. The maximum Gasteiger partial charge on any atom is 0.310 e. The third kappa shape index (κ3) is 1.80. The Bertz CT molecular complexity index is 372. The van der Waals surface area contributed by atoms with Crippen molar-refractivity contribution < 1.29 is 19.1 Å². The van der Waals surface area contributed by atoms with Crippen LogP contribution in [0.3, 0.4) is 0 Å². The predicted octanol–water partition coefficient (Wildman–Crippen LogP) is 0.00960. The Balaban J connectivity index is 2.11. The van der Waals surface area contributed by atoms with Gasteiger partial charge in [-0.25, -0.2) is 4.39 Å². The number of aliphatic carboxylic acids is 1. The summed E-state index contributed by atoms with van der Waals surface area (Å²) < 4.78 is 14.3. The second kappa shape index (κ2) is 3.66. The first-order valence-corrected chi connectivity index (χ1v) is 5.72. The minimum atomic E-state index is -1.82. The van der Waals surface area contributed by atoms with Gasteiger partial charge in [0.2, 0.25) is 5.67 Å². The molecule has 96 valence electrons. The molecule has 2 N–H and O–H groups in total. The van der Waals surface area contributed by atoms with Crippen LogP contribution in [-0.4, -0.2) is 53.2 Å². The zero-order chi connectivity index (χ0) is 12.8. The van der Waals surface area contributed by atoms with Gasteiger partial charge in [0.1, 0.15) is 0 Å². The molecule has 0 aromatic carbocycles. The number of alkyl halides is 1. The van der Waals surface area contributed by atoms with Gasteiger partial charge in [-0.2, -0.15) is 0 Å². The van der Waals surface area contributed by atoms with Crippen LogP contribution in [0.25, 0.3) is 0 Å². The summed E-state index contributed by atoms with van der Waals surface area (Å²) in [5, 5.41) is 12.0. The summed E-state index contributed by atoms with van der Waals surface area (Å²) in [4.78, 5) is 24.2.